The van der Waals surface area contributed by atoms with Crippen LogP contribution in [0.25, 0.3) is 0 Å². The standard InChI is InChI=1S/C31H31Cl2N3O4.C6H13NO/c1-3-24(30(39)35-25-14-13-23(32)19(2)29(25)33)34-31(40)26-17-21-11-7-8-12-22(21)18-36(26)28(38)16-15-27(37)20-9-5-4-6-10-20;1-7-4-2-6(8)3-5-7/h4-14,24,26H,3,15-18H2,1-2H3,(H,34,40)(H,35,39);6,8H,2-5H2,1H3/t24?,26-;/m0./s1. The summed E-state index contributed by atoms with van der Waals surface area (Å²) < 4.78 is 0. The first-order valence-electron chi connectivity index (χ1n) is 16.3. The maximum Gasteiger partial charge on any atom is 0.246 e. The van der Waals surface area contributed by atoms with Crippen molar-refractivity contribution in [2.75, 3.05) is 25.5 Å². The topological polar surface area (TPSA) is 119 Å². The van der Waals surface area contributed by atoms with Crippen molar-refractivity contribution in [3.05, 3.63) is 99.0 Å². The maximum absolute atomic E-state index is 13.6. The van der Waals surface area contributed by atoms with Gasteiger partial charge in [-0.25, -0.2) is 0 Å². The molecule has 48 heavy (non-hydrogen) atoms. The highest BCUT2D eigenvalue weighted by molar-refractivity contribution is 6.38. The van der Waals surface area contributed by atoms with Crippen molar-refractivity contribution in [3.8, 4) is 0 Å². The fourth-order valence-electron chi connectivity index (χ4n) is 5.75. The van der Waals surface area contributed by atoms with Crippen LogP contribution in [0.4, 0.5) is 5.69 Å². The molecule has 11 heteroatoms. The van der Waals surface area contributed by atoms with Gasteiger partial charge in [-0.05, 0) is 62.1 Å². The minimum absolute atomic E-state index is 0.0220. The maximum atomic E-state index is 13.6. The van der Waals surface area contributed by atoms with E-state index in [2.05, 4.69) is 22.6 Å². The van der Waals surface area contributed by atoms with Crippen molar-refractivity contribution in [2.24, 2.45) is 0 Å². The van der Waals surface area contributed by atoms with E-state index in [1.165, 1.54) is 4.90 Å². The zero-order valence-electron chi connectivity index (χ0n) is 27.7. The van der Waals surface area contributed by atoms with Crippen molar-refractivity contribution in [3.63, 3.8) is 0 Å². The normalized spacial score (nSPS) is 17.0. The number of fused-ring (bicyclic) bond motifs is 1. The Labute approximate surface area is 292 Å². The SMILES string of the molecule is CCC(NC(=O)[C@@H]1Cc2ccccc2CN1C(=O)CCC(=O)c1ccccc1)C(=O)Nc1ccc(Cl)c(C)c1Cl.CN1CCC(O)CC1. The number of benzene rings is 3. The van der Waals surface area contributed by atoms with Crippen molar-refractivity contribution >= 4 is 52.4 Å². The average molecular weight is 696 g/mol. The Balaban J connectivity index is 0.000000569. The Kier molecular flexibility index (Phi) is 13.6. The predicted molar refractivity (Wildman–Crippen MR) is 189 cm³/mol. The number of aliphatic hydroxyl groups is 1. The molecule has 3 aromatic rings. The molecule has 1 unspecified atom stereocenters. The number of aliphatic hydroxyl groups excluding tert-OH is 1. The van der Waals surface area contributed by atoms with Crippen LogP contribution in [0.5, 0.6) is 0 Å². The third-order valence-corrected chi connectivity index (χ3v) is 9.74. The van der Waals surface area contributed by atoms with Crippen LogP contribution in [0.3, 0.4) is 0 Å². The number of carbonyl (C=O) groups is 4. The molecule has 3 aromatic carbocycles. The molecule has 2 atom stereocenters. The van der Waals surface area contributed by atoms with Crippen LogP contribution in [0.1, 0.15) is 66.1 Å². The summed E-state index contributed by atoms with van der Waals surface area (Å²) in [6, 6.07) is 18.0. The summed E-state index contributed by atoms with van der Waals surface area (Å²) in [4.78, 5) is 56.4. The van der Waals surface area contributed by atoms with Gasteiger partial charge >= 0.3 is 0 Å². The second-order valence-corrected chi connectivity index (χ2v) is 13.1. The van der Waals surface area contributed by atoms with Crippen molar-refractivity contribution in [1.82, 2.24) is 15.1 Å². The third-order valence-electron chi connectivity index (χ3n) is 8.84. The molecule has 9 nitrogen and oxygen atoms in total. The molecule has 0 aromatic heterocycles. The van der Waals surface area contributed by atoms with Crippen molar-refractivity contribution in [1.29, 1.82) is 0 Å². The second kappa shape index (κ2) is 17.6. The summed E-state index contributed by atoms with van der Waals surface area (Å²) in [6.45, 7) is 5.89. The lowest BCUT2D eigenvalue weighted by molar-refractivity contribution is -0.142. The number of carbonyl (C=O) groups excluding carboxylic acids is 4. The van der Waals surface area contributed by atoms with Gasteiger partial charge in [-0.3, -0.25) is 19.2 Å². The summed E-state index contributed by atoms with van der Waals surface area (Å²) in [5, 5.41) is 15.4. The van der Waals surface area contributed by atoms with E-state index in [0.717, 1.165) is 37.1 Å². The van der Waals surface area contributed by atoms with Gasteiger partial charge in [0.25, 0.3) is 0 Å². The molecule has 2 aliphatic heterocycles. The molecule has 0 spiro atoms. The Hall–Kier alpha value is -3.76. The molecule has 0 saturated carbocycles. The lowest BCUT2D eigenvalue weighted by Crippen LogP contribution is -2.56. The van der Waals surface area contributed by atoms with E-state index in [1.54, 1.807) is 50.2 Å². The van der Waals surface area contributed by atoms with Gasteiger partial charge in [0.1, 0.15) is 12.1 Å². The van der Waals surface area contributed by atoms with Crippen molar-refractivity contribution < 1.29 is 24.3 Å². The van der Waals surface area contributed by atoms with Gasteiger partial charge in [0, 0.05) is 49.5 Å². The molecule has 3 N–H and O–H groups in total. The predicted octanol–water partition coefficient (Wildman–Crippen LogP) is 5.82. The summed E-state index contributed by atoms with van der Waals surface area (Å²) in [5.74, 6) is -1.29. The molecular formula is C37H44Cl2N4O5. The quantitative estimate of drug-likeness (QED) is 0.243. The smallest absolute Gasteiger partial charge is 0.246 e. The number of anilines is 1. The molecule has 0 bridgehead atoms. The molecule has 1 saturated heterocycles. The van der Waals surface area contributed by atoms with Crippen molar-refractivity contribution in [2.45, 2.75) is 77.1 Å². The largest absolute Gasteiger partial charge is 0.393 e. The van der Waals surface area contributed by atoms with Gasteiger partial charge < -0.3 is 25.5 Å². The highest BCUT2D eigenvalue weighted by Gasteiger charge is 2.36. The first kappa shape index (κ1) is 37.1. The summed E-state index contributed by atoms with van der Waals surface area (Å²) in [5.41, 5.74) is 3.49. The lowest BCUT2D eigenvalue weighted by atomic mass is 9.92. The zero-order valence-corrected chi connectivity index (χ0v) is 29.2. The average Bonchev–Trinajstić information content (AvgIpc) is 3.10. The molecule has 3 amide bonds. The molecule has 5 rings (SSSR count). The Morgan fingerprint density at radius 3 is 2.21 bits per heavy atom. The van der Waals surface area contributed by atoms with Crippen LogP contribution in [0, 0.1) is 6.92 Å². The minimum atomic E-state index is -0.853. The molecule has 0 aliphatic carbocycles. The highest BCUT2D eigenvalue weighted by atomic mass is 35.5. The Morgan fingerprint density at radius 1 is 0.917 bits per heavy atom. The van der Waals surface area contributed by atoms with Crippen LogP contribution in [-0.4, -0.2) is 76.7 Å². The monoisotopic (exact) mass is 694 g/mol. The fourth-order valence-corrected chi connectivity index (χ4v) is 6.16. The molecule has 256 valence electrons. The number of nitrogens with one attached hydrogen (secondary N) is 2. The van der Waals surface area contributed by atoms with E-state index in [4.69, 9.17) is 28.3 Å². The number of piperidine rings is 1. The number of likely N-dealkylation sites (tertiary alicyclic amines) is 1. The van der Waals surface area contributed by atoms with Gasteiger partial charge in [0.2, 0.25) is 17.7 Å². The van der Waals surface area contributed by atoms with Crippen LogP contribution in [0.15, 0.2) is 66.7 Å². The number of rotatable bonds is 9. The van der Waals surface area contributed by atoms with E-state index >= 15 is 0 Å². The highest BCUT2D eigenvalue weighted by Crippen LogP contribution is 2.31. The number of halogens is 2. The molecule has 2 heterocycles. The van der Waals surface area contributed by atoms with E-state index in [0.29, 0.717) is 39.7 Å². The van der Waals surface area contributed by atoms with Gasteiger partial charge in [-0.1, -0.05) is 84.7 Å². The second-order valence-electron chi connectivity index (χ2n) is 12.3. The summed E-state index contributed by atoms with van der Waals surface area (Å²) >= 11 is 12.5. The van der Waals surface area contributed by atoms with Crippen LogP contribution >= 0.6 is 23.2 Å². The third kappa shape index (κ3) is 9.89. The number of ketones is 1. The van der Waals surface area contributed by atoms with E-state index in [1.807, 2.05) is 30.3 Å². The minimum Gasteiger partial charge on any atom is -0.393 e. The van der Waals surface area contributed by atoms with Gasteiger partial charge in [-0.2, -0.15) is 0 Å². The van der Waals surface area contributed by atoms with E-state index < -0.39 is 23.9 Å². The number of hydrogen-bond acceptors (Lipinski definition) is 6. The van der Waals surface area contributed by atoms with E-state index in [9.17, 15) is 19.2 Å². The number of amides is 3. The summed E-state index contributed by atoms with van der Waals surface area (Å²) in [6.07, 6.45) is 2.53. The lowest BCUT2D eigenvalue weighted by Gasteiger charge is -2.36. The Morgan fingerprint density at radius 2 is 1.56 bits per heavy atom. The molecule has 0 radical (unpaired) electrons. The van der Waals surface area contributed by atoms with Crippen LogP contribution in [0.2, 0.25) is 10.0 Å². The Bertz CT molecular complexity index is 1580. The molecule has 1 fully saturated rings. The van der Waals surface area contributed by atoms with Gasteiger partial charge in [0.05, 0.1) is 16.8 Å². The first-order valence-corrected chi connectivity index (χ1v) is 17.1. The number of hydrogen-bond donors (Lipinski definition) is 3. The zero-order chi connectivity index (χ0) is 34.8. The molecule has 2 aliphatic rings. The van der Waals surface area contributed by atoms with Gasteiger partial charge in [0.15, 0.2) is 5.78 Å². The summed E-state index contributed by atoms with van der Waals surface area (Å²) in [7, 11) is 2.09. The number of nitrogens with zero attached hydrogens (tertiary/aromatic N) is 2. The van der Waals surface area contributed by atoms with E-state index in [-0.39, 0.29) is 37.2 Å². The van der Waals surface area contributed by atoms with Crippen LogP contribution in [-0.2, 0) is 27.3 Å². The van der Waals surface area contributed by atoms with Gasteiger partial charge in [-0.15, -0.1) is 0 Å². The van der Waals surface area contributed by atoms with Crippen LogP contribution < -0.4 is 10.6 Å². The number of Topliss-reactive ketones (excluding diaryl/α,β-unsaturated/α-hetero) is 1. The first-order chi connectivity index (χ1) is 23.0. The fraction of sp³-hybridized carbons (Fsp3) is 0.405. The molecular weight excluding hydrogens is 651 g/mol.